The predicted octanol–water partition coefficient (Wildman–Crippen LogP) is 2.30. The van der Waals surface area contributed by atoms with Crippen LogP contribution >= 0.6 is 12.2 Å². The molecule has 76 valence electrons. The standard InChI is InChI=1S/C10H13FN2S/c1-7(6-10(12)14)13-9-4-2-8(11)3-5-9/h2-5,7,13H,6H2,1H3,(H2,12,14). The Balaban J connectivity index is 2.51. The lowest BCUT2D eigenvalue weighted by Crippen LogP contribution is -2.22. The first-order chi connectivity index (χ1) is 6.58. The summed E-state index contributed by atoms with van der Waals surface area (Å²) in [5.74, 6) is -0.238. The van der Waals surface area contributed by atoms with Crippen molar-refractivity contribution in [3.63, 3.8) is 0 Å². The molecule has 4 heteroatoms. The number of hydrogen-bond acceptors (Lipinski definition) is 2. The van der Waals surface area contributed by atoms with Crippen LogP contribution < -0.4 is 11.1 Å². The molecule has 0 aliphatic heterocycles. The fraction of sp³-hybridized carbons (Fsp3) is 0.300. The summed E-state index contributed by atoms with van der Waals surface area (Å²) in [4.78, 5) is 0.479. The van der Waals surface area contributed by atoms with Gasteiger partial charge in [0.1, 0.15) is 5.82 Å². The van der Waals surface area contributed by atoms with E-state index in [0.29, 0.717) is 11.4 Å². The van der Waals surface area contributed by atoms with Crippen LogP contribution in [0.1, 0.15) is 13.3 Å². The molecule has 0 saturated heterocycles. The largest absolute Gasteiger partial charge is 0.393 e. The van der Waals surface area contributed by atoms with Gasteiger partial charge in [0, 0.05) is 18.2 Å². The van der Waals surface area contributed by atoms with Crippen LogP contribution in [0.2, 0.25) is 0 Å². The van der Waals surface area contributed by atoms with Crippen LogP contribution in [-0.4, -0.2) is 11.0 Å². The number of halogens is 1. The minimum absolute atomic E-state index is 0.165. The number of rotatable bonds is 4. The summed E-state index contributed by atoms with van der Waals surface area (Å²) in [6.45, 7) is 1.97. The Bertz CT molecular complexity index is 310. The van der Waals surface area contributed by atoms with Gasteiger partial charge in [0.15, 0.2) is 0 Å². The smallest absolute Gasteiger partial charge is 0.123 e. The molecule has 0 amide bonds. The van der Waals surface area contributed by atoms with Gasteiger partial charge in [-0.3, -0.25) is 0 Å². The number of anilines is 1. The van der Waals surface area contributed by atoms with Crippen LogP contribution in [0.5, 0.6) is 0 Å². The van der Waals surface area contributed by atoms with Crippen molar-refractivity contribution in [2.45, 2.75) is 19.4 Å². The summed E-state index contributed by atoms with van der Waals surface area (Å²) >= 11 is 4.79. The van der Waals surface area contributed by atoms with Crippen LogP contribution in [0.15, 0.2) is 24.3 Å². The van der Waals surface area contributed by atoms with E-state index < -0.39 is 0 Å². The maximum Gasteiger partial charge on any atom is 0.123 e. The number of hydrogen-bond donors (Lipinski definition) is 2. The Labute approximate surface area is 88.3 Å². The Hall–Kier alpha value is -1.16. The Morgan fingerprint density at radius 3 is 2.57 bits per heavy atom. The quantitative estimate of drug-likeness (QED) is 0.752. The second-order valence-corrected chi connectivity index (χ2v) is 3.75. The van der Waals surface area contributed by atoms with E-state index in [-0.39, 0.29) is 11.9 Å². The molecule has 1 aromatic rings. The minimum atomic E-state index is -0.238. The van der Waals surface area contributed by atoms with Crippen molar-refractivity contribution >= 4 is 22.9 Å². The molecule has 14 heavy (non-hydrogen) atoms. The van der Waals surface area contributed by atoms with E-state index in [1.54, 1.807) is 12.1 Å². The van der Waals surface area contributed by atoms with Gasteiger partial charge in [0.2, 0.25) is 0 Å². The number of nitrogens with two attached hydrogens (primary N) is 1. The normalized spacial score (nSPS) is 12.1. The lowest BCUT2D eigenvalue weighted by atomic mass is 10.2. The third-order valence-electron chi connectivity index (χ3n) is 1.76. The molecule has 0 aromatic heterocycles. The van der Waals surface area contributed by atoms with E-state index in [1.165, 1.54) is 12.1 Å². The zero-order chi connectivity index (χ0) is 10.6. The first-order valence-corrected chi connectivity index (χ1v) is 4.79. The number of thiocarbonyl (C=S) groups is 1. The van der Waals surface area contributed by atoms with Gasteiger partial charge < -0.3 is 11.1 Å². The van der Waals surface area contributed by atoms with Gasteiger partial charge in [0.05, 0.1) is 4.99 Å². The van der Waals surface area contributed by atoms with Gasteiger partial charge >= 0.3 is 0 Å². The van der Waals surface area contributed by atoms with Crippen molar-refractivity contribution in [2.24, 2.45) is 5.73 Å². The van der Waals surface area contributed by atoms with Gasteiger partial charge in [-0.05, 0) is 31.2 Å². The fourth-order valence-electron chi connectivity index (χ4n) is 1.18. The molecular weight excluding hydrogens is 199 g/mol. The average molecular weight is 212 g/mol. The lowest BCUT2D eigenvalue weighted by Gasteiger charge is -2.14. The Morgan fingerprint density at radius 2 is 2.07 bits per heavy atom. The first-order valence-electron chi connectivity index (χ1n) is 4.38. The number of nitrogens with one attached hydrogen (secondary N) is 1. The molecule has 3 N–H and O–H groups in total. The van der Waals surface area contributed by atoms with Crippen LogP contribution in [0.25, 0.3) is 0 Å². The topological polar surface area (TPSA) is 38.0 Å². The summed E-state index contributed by atoms with van der Waals surface area (Å²) in [5, 5.41) is 3.17. The van der Waals surface area contributed by atoms with Crippen LogP contribution in [0.4, 0.5) is 10.1 Å². The molecule has 2 nitrogen and oxygen atoms in total. The van der Waals surface area contributed by atoms with E-state index in [2.05, 4.69) is 5.32 Å². The highest BCUT2D eigenvalue weighted by molar-refractivity contribution is 7.80. The molecule has 1 atom stereocenters. The van der Waals surface area contributed by atoms with E-state index in [1.807, 2.05) is 6.92 Å². The van der Waals surface area contributed by atoms with E-state index in [0.717, 1.165) is 5.69 Å². The monoisotopic (exact) mass is 212 g/mol. The van der Waals surface area contributed by atoms with E-state index >= 15 is 0 Å². The maximum atomic E-state index is 12.6. The van der Waals surface area contributed by atoms with Crippen molar-refractivity contribution in [1.82, 2.24) is 0 Å². The molecule has 1 rings (SSSR count). The van der Waals surface area contributed by atoms with Crippen molar-refractivity contribution in [1.29, 1.82) is 0 Å². The van der Waals surface area contributed by atoms with Crippen LogP contribution in [0.3, 0.4) is 0 Å². The molecule has 1 aromatic carbocycles. The average Bonchev–Trinajstić information content (AvgIpc) is 2.07. The third kappa shape index (κ3) is 3.70. The highest BCUT2D eigenvalue weighted by atomic mass is 32.1. The summed E-state index contributed by atoms with van der Waals surface area (Å²) in [6, 6.07) is 6.36. The molecular formula is C10H13FN2S. The maximum absolute atomic E-state index is 12.6. The molecule has 0 spiro atoms. The third-order valence-corrected chi connectivity index (χ3v) is 1.93. The molecule has 0 fully saturated rings. The second kappa shape index (κ2) is 4.91. The Kier molecular flexibility index (Phi) is 3.83. The van der Waals surface area contributed by atoms with Gasteiger partial charge in [-0.2, -0.15) is 0 Å². The van der Waals surface area contributed by atoms with Gasteiger partial charge in [-0.25, -0.2) is 4.39 Å². The summed E-state index contributed by atoms with van der Waals surface area (Å²) < 4.78 is 12.6. The predicted molar refractivity (Wildman–Crippen MR) is 60.9 cm³/mol. The van der Waals surface area contributed by atoms with Crippen molar-refractivity contribution in [3.8, 4) is 0 Å². The lowest BCUT2D eigenvalue weighted by molar-refractivity contribution is 0.628. The summed E-state index contributed by atoms with van der Waals surface area (Å²) in [6.07, 6.45) is 0.632. The van der Waals surface area contributed by atoms with Crippen molar-refractivity contribution < 1.29 is 4.39 Å². The molecule has 0 aliphatic carbocycles. The van der Waals surface area contributed by atoms with Crippen molar-refractivity contribution in [3.05, 3.63) is 30.1 Å². The summed E-state index contributed by atoms with van der Waals surface area (Å²) in [7, 11) is 0. The SMILES string of the molecule is CC(CC(N)=S)Nc1ccc(F)cc1. The first kappa shape index (κ1) is 10.9. The van der Waals surface area contributed by atoms with Gasteiger partial charge in [0.25, 0.3) is 0 Å². The fourth-order valence-corrected chi connectivity index (χ4v) is 1.43. The second-order valence-electron chi connectivity index (χ2n) is 3.22. The zero-order valence-corrected chi connectivity index (χ0v) is 8.77. The highest BCUT2D eigenvalue weighted by Crippen LogP contribution is 2.10. The van der Waals surface area contributed by atoms with Crippen LogP contribution in [0, 0.1) is 5.82 Å². The van der Waals surface area contributed by atoms with E-state index in [9.17, 15) is 4.39 Å². The van der Waals surface area contributed by atoms with Gasteiger partial charge in [-0.15, -0.1) is 0 Å². The molecule has 1 unspecified atom stereocenters. The molecule has 0 bridgehead atoms. The highest BCUT2D eigenvalue weighted by Gasteiger charge is 2.02. The molecule has 0 radical (unpaired) electrons. The van der Waals surface area contributed by atoms with E-state index in [4.69, 9.17) is 18.0 Å². The Morgan fingerprint density at radius 1 is 1.50 bits per heavy atom. The zero-order valence-electron chi connectivity index (χ0n) is 7.96. The molecule has 0 aliphatic rings. The molecule has 0 heterocycles. The minimum Gasteiger partial charge on any atom is -0.393 e. The van der Waals surface area contributed by atoms with Crippen molar-refractivity contribution in [2.75, 3.05) is 5.32 Å². The molecule has 0 saturated carbocycles. The number of benzene rings is 1. The summed E-state index contributed by atoms with van der Waals surface area (Å²) in [5.41, 5.74) is 6.27. The van der Waals surface area contributed by atoms with Crippen LogP contribution in [-0.2, 0) is 0 Å². The van der Waals surface area contributed by atoms with Gasteiger partial charge in [-0.1, -0.05) is 12.2 Å².